The molecular formula is C18H15Cl2FN2O2. The number of amides is 2. The molecule has 25 heavy (non-hydrogen) atoms. The average Bonchev–Trinajstić information content (AvgIpc) is 2.56. The van der Waals surface area contributed by atoms with Crippen LogP contribution in [0.3, 0.4) is 0 Å². The van der Waals surface area contributed by atoms with Gasteiger partial charge in [-0.15, -0.1) is 0 Å². The van der Waals surface area contributed by atoms with E-state index in [1.165, 1.54) is 41.3 Å². The van der Waals surface area contributed by atoms with E-state index in [9.17, 15) is 14.0 Å². The highest BCUT2D eigenvalue weighted by Gasteiger charge is 2.15. The van der Waals surface area contributed by atoms with E-state index in [0.717, 1.165) is 0 Å². The maximum atomic E-state index is 13.1. The van der Waals surface area contributed by atoms with Gasteiger partial charge in [-0.2, -0.15) is 0 Å². The summed E-state index contributed by atoms with van der Waals surface area (Å²) in [7, 11) is 0. The number of hydrogen-bond donors (Lipinski definition) is 1. The number of rotatable bonds is 6. The summed E-state index contributed by atoms with van der Waals surface area (Å²) in [6.07, 6.45) is 2.76. The van der Waals surface area contributed by atoms with Crippen LogP contribution in [0.4, 0.5) is 10.1 Å². The lowest BCUT2D eigenvalue weighted by Crippen LogP contribution is -2.32. The maximum absolute atomic E-state index is 13.1. The second-order valence-corrected chi connectivity index (χ2v) is 5.97. The minimum atomic E-state index is -0.543. The Kier molecular flexibility index (Phi) is 6.56. The van der Waals surface area contributed by atoms with E-state index < -0.39 is 17.6 Å². The fourth-order valence-electron chi connectivity index (χ4n) is 2.12. The molecule has 0 radical (unpaired) electrons. The van der Waals surface area contributed by atoms with Crippen molar-refractivity contribution in [3.8, 4) is 0 Å². The Morgan fingerprint density at radius 3 is 2.24 bits per heavy atom. The van der Waals surface area contributed by atoms with Crippen LogP contribution < -0.4 is 10.6 Å². The average molecular weight is 381 g/mol. The molecule has 2 N–H and O–H groups in total. The van der Waals surface area contributed by atoms with Crippen molar-refractivity contribution in [2.45, 2.75) is 6.42 Å². The molecular weight excluding hydrogens is 366 g/mol. The van der Waals surface area contributed by atoms with Gasteiger partial charge in [0.2, 0.25) is 5.91 Å². The number of carbonyl (C=O) groups excluding carboxylic acids is 2. The van der Waals surface area contributed by atoms with Gasteiger partial charge >= 0.3 is 0 Å². The zero-order valence-electron chi connectivity index (χ0n) is 13.1. The second-order valence-electron chi connectivity index (χ2n) is 5.15. The van der Waals surface area contributed by atoms with E-state index in [-0.39, 0.29) is 13.0 Å². The molecule has 4 nitrogen and oxygen atoms in total. The van der Waals surface area contributed by atoms with Gasteiger partial charge in [-0.25, -0.2) is 4.39 Å². The topological polar surface area (TPSA) is 63.4 Å². The first-order valence-corrected chi connectivity index (χ1v) is 8.11. The molecule has 0 bridgehead atoms. The molecule has 2 amide bonds. The molecule has 2 rings (SSSR count). The van der Waals surface area contributed by atoms with Gasteiger partial charge in [0.05, 0.1) is 0 Å². The van der Waals surface area contributed by atoms with Crippen molar-refractivity contribution in [2.75, 3.05) is 11.4 Å². The molecule has 7 heteroatoms. The van der Waals surface area contributed by atoms with Crippen LogP contribution in [-0.4, -0.2) is 18.4 Å². The predicted molar refractivity (Wildman–Crippen MR) is 98.1 cm³/mol. The van der Waals surface area contributed by atoms with Gasteiger partial charge in [0.15, 0.2) is 0 Å². The van der Waals surface area contributed by atoms with Crippen molar-refractivity contribution in [1.82, 2.24) is 0 Å². The van der Waals surface area contributed by atoms with Crippen LogP contribution in [0.25, 0.3) is 6.08 Å². The molecule has 0 aliphatic rings. The molecule has 0 aliphatic heterocycles. The van der Waals surface area contributed by atoms with Crippen molar-refractivity contribution in [1.29, 1.82) is 0 Å². The van der Waals surface area contributed by atoms with Crippen molar-refractivity contribution in [3.05, 3.63) is 70.0 Å². The summed E-state index contributed by atoms with van der Waals surface area (Å²) >= 11 is 12.1. The van der Waals surface area contributed by atoms with Crippen LogP contribution in [0.15, 0.2) is 48.5 Å². The molecule has 0 aliphatic carbocycles. The quantitative estimate of drug-likeness (QED) is 0.768. The standard InChI is InChI=1S/C18H15Cl2FN2O2/c19-15-2-1-3-16(20)14(15)8-9-18(25)23(11-10-17(22)24)13-6-4-12(21)5-7-13/h1-9H,10-11H2,(H2,22,24)/b9-8+. The minimum Gasteiger partial charge on any atom is -0.370 e. The SMILES string of the molecule is NC(=O)CCN(C(=O)/C=C/c1c(Cl)cccc1Cl)c1ccc(F)cc1. The smallest absolute Gasteiger partial charge is 0.251 e. The number of benzene rings is 2. The lowest BCUT2D eigenvalue weighted by Gasteiger charge is -2.20. The summed E-state index contributed by atoms with van der Waals surface area (Å²) in [5.74, 6) is -1.38. The predicted octanol–water partition coefficient (Wildman–Crippen LogP) is 4.05. The molecule has 0 unspecified atom stereocenters. The van der Waals surface area contributed by atoms with E-state index in [4.69, 9.17) is 28.9 Å². The first kappa shape index (κ1) is 19.0. The highest BCUT2D eigenvalue weighted by atomic mass is 35.5. The zero-order chi connectivity index (χ0) is 18.4. The highest BCUT2D eigenvalue weighted by Crippen LogP contribution is 2.25. The Balaban J connectivity index is 2.26. The van der Waals surface area contributed by atoms with E-state index in [1.807, 2.05) is 0 Å². The molecule has 0 saturated carbocycles. The molecule has 0 heterocycles. The Bertz CT molecular complexity index is 787. The summed E-state index contributed by atoms with van der Waals surface area (Å²) in [6, 6.07) is 10.4. The Morgan fingerprint density at radius 2 is 1.68 bits per heavy atom. The molecule has 0 fully saturated rings. The Hall–Kier alpha value is -2.37. The molecule has 2 aromatic carbocycles. The third kappa shape index (κ3) is 5.31. The monoisotopic (exact) mass is 380 g/mol. The first-order valence-electron chi connectivity index (χ1n) is 7.36. The largest absolute Gasteiger partial charge is 0.370 e. The van der Waals surface area contributed by atoms with E-state index in [0.29, 0.717) is 21.3 Å². The van der Waals surface area contributed by atoms with Gasteiger partial charge in [-0.3, -0.25) is 9.59 Å². The summed E-state index contributed by atoms with van der Waals surface area (Å²) in [5.41, 5.74) is 6.11. The Labute approximate surface area is 154 Å². The van der Waals surface area contributed by atoms with Crippen LogP contribution in [0.2, 0.25) is 10.0 Å². The van der Waals surface area contributed by atoms with Crippen molar-refractivity contribution >= 4 is 46.8 Å². The van der Waals surface area contributed by atoms with Gasteiger partial charge in [0.25, 0.3) is 5.91 Å². The summed E-state index contributed by atoms with van der Waals surface area (Å²) < 4.78 is 13.1. The fraction of sp³-hybridized carbons (Fsp3) is 0.111. The van der Waals surface area contributed by atoms with Gasteiger partial charge in [-0.05, 0) is 42.5 Å². The van der Waals surface area contributed by atoms with E-state index >= 15 is 0 Å². The lowest BCUT2D eigenvalue weighted by atomic mass is 10.2. The zero-order valence-corrected chi connectivity index (χ0v) is 14.6. The highest BCUT2D eigenvalue weighted by molar-refractivity contribution is 6.37. The molecule has 2 aromatic rings. The van der Waals surface area contributed by atoms with Crippen molar-refractivity contribution < 1.29 is 14.0 Å². The number of anilines is 1. The first-order chi connectivity index (χ1) is 11.9. The van der Waals surface area contributed by atoms with Gasteiger partial charge < -0.3 is 10.6 Å². The number of nitrogens with zero attached hydrogens (tertiary/aromatic N) is 1. The number of halogens is 3. The van der Waals surface area contributed by atoms with E-state index in [2.05, 4.69) is 0 Å². The van der Waals surface area contributed by atoms with Crippen LogP contribution in [0.1, 0.15) is 12.0 Å². The number of carbonyl (C=O) groups is 2. The fourth-order valence-corrected chi connectivity index (χ4v) is 2.65. The van der Waals surface area contributed by atoms with Crippen LogP contribution in [0.5, 0.6) is 0 Å². The molecule has 130 valence electrons. The molecule has 0 aromatic heterocycles. The van der Waals surface area contributed by atoms with Crippen LogP contribution in [-0.2, 0) is 9.59 Å². The normalized spacial score (nSPS) is 10.8. The number of primary amides is 1. The summed E-state index contributed by atoms with van der Waals surface area (Å²) in [6.45, 7) is 0.0698. The summed E-state index contributed by atoms with van der Waals surface area (Å²) in [4.78, 5) is 24.9. The number of hydrogen-bond acceptors (Lipinski definition) is 2. The summed E-state index contributed by atoms with van der Waals surface area (Å²) in [5, 5.41) is 0.809. The van der Waals surface area contributed by atoms with Crippen molar-refractivity contribution in [3.63, 3.8) is 0 Å². The lowest BCUT2D eigenvalue weighted by molar-refractivity contribution is -0.118. The number of nitrogens with two attached hydrogens (primary N) is 1. The molecule has 0 atom stereocenters. The third-order valence-electron chi connectivity index (χ3n) is 3.38. The third-order valence-corrected chi connectivity index (χ3v) is 4.04. The minimum absolute atomic E-state index is 0.0240. The molecule has 0 saturated heterocycles. The Morgan fingerprint density at radius 1 is 1.08 bits per heavy atom. The maximum Gasteiger partial charge on any atom is 0.251 e. The van der Waals surface area contributed by atoms with E-state index in [1.54, 1.807) is 18.2 Å². The van der Waals surface area contributed by atoms with Crippen molar-refractivity contribution in [2.24, 2.45) is 5.73 Å². The van der Waals surface area contributed by atoms with Crippen LogP contribution >= 0.6 is 23.2 Å². The van der Waals surface area contributed by atoms with Gasteiger partial charge in [0.1, 0.15) is 5.82 Å². The van der Waals surface area contributed by atoms with Gasteiger partial charge in [0, 0.05) is 40.3 Å². The van der Waals surface area contributed by atoms with Gasteiger partial charge in [-0.1, -0.05) is 29.3 Å². The molecule has 0 spiro atoms. The van der Waals surface area contributed by atoms with Crippen LogP contribution in [0, 0.1) is 5.82 Å². The second kappa shape index (κ2) is 8.65.